The van der Waals surface area contributed by atoms with E-state index in [4.69, 9.17) is 17.3 Å². The van der Waals surface area contributed by atoms with Gasteiger partial charge >= 0.3 is 0 Å². The largest absolute Gasteiger partial charge is 0.397 e. The maximum Gasteiger partial charge on any atom is 0.256 e. The highest BCUT2D eigenvalue weighted by Gasteiger charge is 2.18. The highest BCUT2D eigenvalue weighted by atomic mass is 35.5. The molecule has 0 aliphatic carbocycles. The fourth-order valence-corrected chi connectivity index (χ4v) is 1.76. The Morgan fingerprint density at radius 3 is 2.63 bits per heavy atom. The van der Waals surface area contributed by atoms with Crippen molar-refractivity contribution in [3.05, 3.63) is 28.8 Å². The number of rotatable bonds is 4. The summed E-state index contributed by atoms with van der Waals surface area (Å²) in [6, 6.07) is 4.88. The number of anilines is 1. The number of likely N-dealkylation sites (N-methyl/N-ethyl adjacent to an activating group) is 1. The van der Waals surface area contributed by atoms with Crippen LogP contribution in [-0.2, 0) is 4.79 Å². The van der Waals surface area contributed by atoms with Gasteiger partial charge in [0, 0.05) is 13.1 Å². The number of nitrogens with zero attached hydrogens (tertiary/aromatic N) is 1. The van der Waals surface area contributed by atoms with Gasteiger partial charge in [-0.3, -0.25) is 9.59 Å². The van der Waals surface area contributed by atoms with Crippen molar-refractivity contribution in [1.29, 1.82) is 0 Å². The van der Waals surface area contributed by atoms with Crippen molar-refractivity contribution in [1.82, 2.24) is 10.2 Å². The molecule has 0 aliphatic rings. The van der Waals surface area contributed by atoms with Crippen LogP contribution in [0.3, 0.4) is 0 Å². The normalized spacial score (nSPS) is 10.4. The van der Waals surface area contributed by atoms with Gasteiger partial charge in [0.15, 0.2) is 0 Å². The molecule has 1 aromatic rings. The lowest BCUT2D eigenvalue weighted by Gasteiger charge is -2.19. The first-order chi connectivity index (χ1) is 8.82. The third kappa shape index (κ3) is 4.13. The van der Waals surface area contributed by atoms with E-state index in [0.29, 0.717) is 10.6 Å². The first kappa shape index (κ1) is 15.3. The first-order valence-electron chi connectivity index (χ1n) is 5.91. The van der Waals surface area contributed by atoms with Gasteiger partial charge in [0.2, 0.25) is 5.91 Å². The summed E-state index contributed by atoms with van der Waals surface area (Å²) < 4.78 is 0. The Bertz CT molecular complexity index is 489. The second-order valence-electron chi connectivity index (χ2n) is 4.58. The van der Waals surface area contributed by atoms with E-state index in [2.05, 4.69) is 5.32 Å². The third-order valence-corrected chi connectivity index (χ3v) is 2.79. The van der Waals surface area contributed by atoms with Gasteiger partial charge < -0.3 is 16.0 Å². The predicted octanol–water partition coefficient (Wildman–Crippen LogP) is 1.52. The van der Waals surface area contributed by atoms with Crippen LogP contribution >= 0.6 is 11.6 Å². The molecule has 1 rings (SSSR count). The van der Waals surface area contributed by atoms with E-state index in [1.54, 1.807) is 25.2 Å². The quantitative estimate of drug-likeness (QED) is 0.823. The van der Waals surface area contributed by atoms with Crippen molar-refractivity contribution in [2.75, 3.05) is 19.3 Å². The Morgan fingerprint density at radius 2 is 2.05 bits per heavy atom. The lowest BCUT2D eigenvalue weighted by Crippen LogP contribution is -2.41. The van der Waals surface area contributed by atoms with E-state index in [1.807, 2.05) is 13.8 Å². The fourth-order valence-electron chi connectivity index (χ4n) is 1.58. The lowest BCUT2D eigenvalue weighted by molar-refractivity contribution is -0.122. The Balaban J connectivity index is 2.77. The van der Waals surface area contributed by atoms with Crippen molar-refractivity contribution in [2.24, 2.45) is 0 Å². The topological polar surface area (TPSA) is 75.4 Å². The second-order valence-corrected chi connectivity index (χ2v) is 4.99. The molecule has 0 spiro atoms. The molecule has 0 bridgehead atoms. The average molecular weight is 284 g/mol. The van der Waals surface area contributed by atoms with Crippen LogP contribution in [0.15, 0.2) is 18.2 Å². The molecule has 0 aliphatic heterocycles. The summed E-state index contributed by atoms with van der Waals surface area (Å²) in [7, 11) is 1.54. The van der Waals surface area contributed by atoms with Crippen LogP contribution in [0.1, 0.15) is 24.2 Å². The highest BCUT2D eigenvalue weighted by Crippen LogP contribution is 2.23. The molecule has 1 aromatic carbocycles. The Morgan fingerprint density at radius 1 is 1.42 bits per heavy atom. The van der Waals surface area contributed by atoms with Gasteiger partial charge in [-0.2, -0.15) is 0 Å². The van der Waals surface area contributed by atoms with Crippen LogP contribution < -0.4 is 11.1 Å². The average Bonchev–Trinajstić information content (AvgIpc) is 2.30. The van der Waals surface area contributed by atoms with Gasteiger partial charge in [-0.1, -0.05) is 17.7 Å². The monoisotopic (exact) mass is 283 g/mol. The standard InChI is InChI=1S/C13H18ClN3O2/c1-8(2)16-11(18)7-17(3)13(19)9-5-4-6-10(14)12(9)15/h4-6,8H,7,15H2,1-3H3,(H,16,18). The zero-order chi connectivity index (χ0) is 14.6. The maximum atomic E-state index is 12.1. The van der Waals surface area contributed by atoms with Gasteiger partial charge in [0.25, 0.3) is 5.91 Å². The van der Waals surface area contributed by atoms with Crippen molar-refractivity contribution in [2.45, 2.75) is 19.9 Å². The third-order valence-electron chi connectivity index (χ3n) is 2.46. The number of nitrogen functional groups attached to an aromatic ring is 1. The SMILES string of the molecule is CC(C)NC(=O)CN(C)C(=O)c1cccc(Cl)c1N. The number of para-hydroxylation sites is 1. The van der Waals surface area contributed by atoms with Gasteiger partial charge in [-0.05, 0) is 26.0 Å². The van der Waals surface area contributed by atoms with Crippen molar-refractivity contribution < 1.29 is 9.59 Å². The summed E-state index contributed by atoms with van der Waals surface area (Å²) in [6.45, 7) is 3.69. The minimum atomic E-state index is -0.334. The van der Waals surface area contributed by atoms with Gasteiger partial charge in [-0.15, -0.1) is 0 Å². The molecule has 104 valence electrons. The number of amides is 2. The molecule has 0 heterocycles. The number of hydrogen-bond donors (Lipinski definition) is 2. The number of nitrogens with one attached hydrogen (secondary N) is 1. The van der Waals surface area contributed by atoms with E-state index in [0.717, 1.165) is 0 Å². The molecule has 0 aromatic heterocycles. The highest BCUT2D eigenvalue weighted by molar-refractivity contribution is 6.33. The lowest BCUT2D eigenvalue weighted by atomic mass is 10.1. The van der Waals surface area contributed by atoms with E-state index >= 15 is 0 Å². The smallest absolute Gasteiger partial charge is 0.256 e. The number of nitrogens with two attached hydrogens (primary N) is 1. The molecule has 0 unspecified atom stereocenters. The van der Waals surface area contributed by atoms with Crippen LogP contribution in [-0.4, -0.2) is 36.3 Å². The predicted molar refractivity (Wildman–Crippen MR) is 76.1 cm³/mol. The van der Waals surface area contributed by atoms with Crippen LogP contribution in [0.2, 0.25) is 5.02 Å². The van der Waals surface area contributed by atoms with Gasteiger partial charge in [0.05, 0.1) is 22.8 Å². The second kappa shape index (κ2) is 6.43. The summed E-state index contributed by atoms with van der Waals surface area (Å²) in [5, 5.41) is 3.04. The van der Waals surface area contributed by atoms with E-state index in [9.17, 15) is 9.59 Å². The number of hydrogen-bond acceptors (Lipinski definition) is 3. The summed E-state index contributed by atoms with van der Waals surface area (Å²) >= 11 is 5.86. The molecule has 6 heteroatoms. The summed E-state index contributed by atoms with van der Waals surface area (Å²) in [5.74, 6) is -0.551. The molecule has 0 saturated carbocycles. The zero-order valence-electron chi connectivity index (χ0n) is 11.2. The van der Waals surface area contributed by atoms with E-state index < -0.39 is 0 Å². The molecule has 5 nitrogen and oxygen atoms in total. The van der Waals surface area contributed by atoms with Crippen LogP contribution in [0, 0.1) is 0 Å². The molecule has 3 N–H and O–H groups in total. The number of carbonyl (C=O) groups is 2. The number of carbonyl (C=O) groups excluding carboxylic acids is 2. The van der Waals surface area contributed by atoms with E-state index in [1.165, 1.54) is 4.90 Å². The maximum absolute atomic E-state index is 12.1. The van der Waals surface area contributed by atoms with Crippen LogP contribution in [0.25, 0.3) is 0 Å². The molecule has 2 amide bonds. The van der Waals surface area contributed by atoms with Crippen molar-refractivity contribution in [3.8, 4) is 0 Å². The molecule has 0 atom stereocenters. The molecule has 0 saturated heterocycles. The fraction of sp³-hybridized carbons (Fsp3) is 0.385. The van der Waals surface area contributed by atoms with E-state index in [-0.39, 0.29) is 30.1 Å². The molecule has 0 fully saturated rings. The minimum Gasteiger partial charge on any atom is -0.397 e. The number of halogens is 1. The van der Waals surface area contributed by atoms with Crippen LogP contribution in [0.4, 0.5) is 5.69 Å². The van der Waals surface area contributed by atoms with Crippen molar-refractivity contribution in [3.63, 3.8) is 0 Å². The zero-order valence-corrected chi connectivity index (χ0v) is 12.0. The van der Waals surface area contributed by atoms with Gasteiger partial charge in [0.1, 0.15) is 0 Å². The Kier molecular flexibility index (Phi) is 5.18. The Labute approximate surface area is 117 Å². The number of benzene rings is 1. The summed E-state index contributed by atoms with van der Waals surface area (Å²) in [4.78, 5) is 25.0. The molecular formula is C13H18ClN3O2. The molecule has 0 radical (unpaired) electrons. The first-order valence-corrected chi connectivity index (χ1v) is 6.29. The Hall–Kier alpha value is -1.75. The van der Waals surface area contributed by atoms with Crippen LogP contribution in [0.5, 0.6) is 0 Å². The summed E-state index contributed by atoms with van der Waals surface area (Å²) in [5.41, 5.74) is 6.28. The minimum absolute atomic E-state index is 0.0248. The van der Waals surface area contributed by atoms with Gasteiger partial charge in [-0.25, -0.2) is 0 Å². The van der Waals surface area contributed by atoms with Crippen molar-refractivity contribution >= 4 is 29.1 Å². The molecular weight excluding hydrogens is 266 g/mol. The molecule has 19 heavy (non-hydrogen) atoms. The summed E-state index contributed by atoms with van der Waals surface area (Å²) in [6.07, 6.45) is 0.